The van der Waals surface area contributed by atoms with Crippen LogP contribution in [0.4, 0.5) is 0 Å². The van der Waals surface area contributed by atoms with E-state index < -0.39 is 0 Å². The van der Waals surface area contributed by atoms with Gasteiger partial charge >= 0.3 is 0 Å². The normalized spacial score (nSPS) is 15.1. The third-order valence-corrected chi connectivity index (χ3v) is 11.2. The van der Waals surface area contributed by atoms with Gasteiger partial charge in [-0.05, 0) is 77.4 Å². The van der Waals surface area contributed by atoms with Crippen LogP contribution in [-0.2, 0) is 12.8 Å². The average molecular weight is 527 g/mol. The lowest BCUT2D eigenvalue weighted by Crippen LogP contribution is -2.06. The van der Waals surface area contributed by atoms with Crippen LogP contribution in [0.3, 0.4) is 0 Å². The number of benzene rings is 3. The standard InChI is InChI=1S/C35H42S2/c1-2-3-4-5-6-10-15-30-21-28-19-17-26-24-33-27(23-32(26)34(28)36-30)18-20-29-22-31(37-35(29)33)16-11-14-25-12-8-7-9-13-25/h17-25H,2-16H2,1H3. The summed E-state index contributed by atoms with van der Waals surface area (Å²) in [6.45, 7) is 2.30. The van der Waals surface area contributed by atoms with Crippen LogP contribution >= 0.6 is 22.7 Å². The predicted octanol–water partition coefficient (Wildman–Crippen LogP) is 12.2. The molecule has 2 heteroatoms. The van der Waals surface area contributed by atoms with Crippen LogP contribution in [0.2, 0.25) is 0 Å². The van der Waals surface area contributed by atoms with Gasteiger partial charge in [0.2, 0.25) is 0 Å². The van der Waals surface area contributed by atoms with E-state index in [9.17, 15) is 0 Å². The Hall–Kier alpha value is -1.90. The molecular weight excluding hydrogens is 485 g/mol. The molecule has 0 atom stereocenters. The zero-order chi connectivity index (χ0) is 25.0. The maximum Gasteiger partial charge on any atom is 0.0424 e. The molecule has 1 aliphatic carbocycles. The third-order valence-electron chi connectivity index (χ3n) is 8.76. The molecule has 0 bridgehead atoms. The molecule has 37 heavy (non-hydrogen) atoms. The van der Waals surface area contributed by atoms with Crippen molar-refractivity contribution < 1.29 is 0 Å². The summed E-state index contributed by atoms with van der Waals surface area (Å²) >= 11 is 4.08. The molecule has 0 spiro atoms. The fourth-order valence-electron chi connectivity index (χ4n) is 6.61. The third kappa shape index (κ3) is 5.76. The van der Waals surface area contributed by atoms with Gasteiger partial charge in [-0.3, -0.25) is 0 Å². The molecule has 1 aliphatic rings. The van der Waals surface area contributed by atoms with Crippen molar-refractivity contribution in [2.24, 2.45) is 5.92 Å². The fraction of sp³-hybridized carbons (Fsp3) is 0.486. The summed E-state index contributed by atoms with van der Waals surface area (Å²) in [5.41, 5.74) is 0. The minimum atomic E-state index is 0.996. The molecule has 0 radical (unpaired) electrons. The Morgan fingerprint density at radius 3 is 1.76 bits per heavy atom. The quantitative estimate of drug-likeness (QED) is 0.119. The molecule has 5 aromatic rings. The van der Waals surface area contributed by atoms with Crippen molar-refractivity contribution in [1.29, 1.82) is 0 Å². The second-order valence-corrected chi connectivity index (χ2v) is 13.9. The van der Waals surface area contributed by atoms with Crippen molar-refractivity contribution in [2.45, 2.75) is 103 Å². The summed E-state index contributed by atoms with van der Waals surface area (Å²) in [4.78, 5) is 3.14. The maximum absolute atomic E-state index is 2.47. The van der Waals surface area contributed by atoms with Crippen LogP contribution in [0.25, 0.3) is 41.7 Å². The first-order valence-electron chi connectivity index (χ1n) is 15.1. The first-order valence-corrected chi connectivity index (χ1v) is 16.7. The van der Waals surface area contributed by atoms with Gasteiger partial charge in [0.1, 0.15) is 0 Å². The summed E-state index contributed by atoms with van der Waals surface area (Å²) < 4.78 is 2.97. The lowest BCUT2D eigenvalue weighted by atomic mass is 9.86. The zero-order valence-corrected chi connectivity index (χ0v) is 24.3. The number of rotatable bonds is 11. The summed E-state index contributed by atoms with van der Waals surface area (Å²) in [5.74, 6) is 0.996. The Morgan fingerprint density at radius 2 is 1.14 bits per heavy atom. The van der Waals surface area contributed by atoms with Gasteiger partial charge in [0.05, 0.1) is 0 Å². The number of unbranched alkanes of at least 4 members (excludes halogenated alkanes) is 5. The van der Waals surface area contributed by atoms with Crippen molar-refractivity contribution in [2.75, 3.05) is 0 Å². The number of hydrogen-bond acceptors (Lipinski definition) is 2. The van der Waals surface area contributed by atoms with Gasteiger partial charge in [0.15, 0.2) is 0 Å². The Balaban J connectivity index is 1.21. The minimum absolute atomic E-state index is 0.996. The van der Waals surface area contributed by atoms with Crippen molar-refractivity contribution in [3.8, 4) is 0 Å². The molecular formula is C35H42S2. The van der Waals surface area contributed by atoms with E-state index in [4.69, 9.17) is 0 Å². The summed E-state index contributed by atoms with van der Waals surface area (Å²) in [6, 6.07) is 19.3. The Morgan fingerprint density at radius 1 is 0.595 bits per heavy atom. The molecule has 3 aromatic carbocycles. The van der Waals surface area contributed by atoms with E-state index in [1.165, 1.54) is 138 Å². The van der Waals surface area contributed by atoms with Crippen LogP contribution in [0.1, 0.15) is 100 Å². The van der Waals surface area contributed by atoms with Gasteiger partial charge in [-0.2, -0.15) is 0 Å². The molecule has 1 fully saturated rings. The van der Waals surface area contributed by atoms with Crippen LogP contribution in [0.5, 0.6) is 0 Å². The van der Waals surface area contributed by atoms with E-state index in [0.29, 0.717) is 0 Å². The molecule has 6 rings (SSSR count). The molecule has 1 saturated carbocycles. The molecule has 0 nitrogen and oxygen atoms in total. The highest BCUT2D eigenvalue weighted by molar-refractivity contribution is 7.20. The predicted molar refractivity (Wildman–Crippen MR) is 169 cm³/mol. The van der Waals surface area contributed by atoms with Crippen LogP contribution in [0.15, 0.2) is 48.5 Å². The summed E-state index contributed by atoms with van der Waals surface area (Å²) in [5, 5.41) is 8.53. The first kappa shape index (κ1) is 25.4. The molecule has 2 aromatic heterocycles. The molecule has 0 unspecified atom stereocenters. The Labute approximate surface area is 231 Å². The summed E-state index contributed by atoms with van der Waals surface area (Å²) in [7, 11) is 0. The fourth-order valence-corrected chi connectivity index (χ4v) is 9.07. The molecule has 2 heterocycles. The molecule has 0 N–H and O–H groups in total. The van der Waals surface area contributed by atoms with E-state index in [-0.39, 0.29) is 0 Å². The van der Waals surface area contributed by atoms with E-state index in [1.807, 2.05) is 22.7 Å². The molecule has 194 valence electrons. The van der Waals surface area contributed by atoms with E-state index in [0.717, 1.165) is 5.92 Å². The Bertz CT molecular complexity index is 1480. The Kier molecular flexibility index (Phi) is 8.14. The van der Waals surface area contributed by atoms with Gasteiger partial charge in [-0.1, -0.05) is 102 Å². The largest absolute Gasteiger partial charge is 0.140 e. The first-order chi connectivity index (χ1) is 18.3. The highest BCUT2D eigenvalue weighted by Crippen LogP contribution is 2.39. The highest BCUT2D eigenvalue weighted by atomic mass is 32.1. The lowest BCUT2D eigenvalue weighted by Gasteiger charge is -2.21. The van der Waals surface area contributed by atoms with Gasteiger partial charge in [0.25, 0.3) is 0 Å². The lowest BCUT2D eigenvalue weighted by molar-refractivity contribution is 0.333. The van der Waals surface area contributed by atoms with Crippen LogP contribution < -0.4 is 0 Å². The zero-order valence-electron chi connectivity index (χ0n) is 22.6. The second kappa shape index (κ2) is 11.9. The van der Waals surface area contributed by atoms with Crippen LogP contribution in [0, 0.1) is 5.92 Å². The number of thiophene rings is 2. The average Bonchev–Trinajstić information content (AvgIpc) is 3.54. The monoisotopic (exact) mass is 526 g/mol. The summed E-state index contributed by atoms with van der Waals surface area (Å²) in [6.07, 6.45) is 20.8. The number of hydrogen-bond donors (Lipinski definition) is 0. The van der Waals surface area contributed by atoms with Crippen LogP contribution in [-0.4, -0.2) is 0 Å². The highest BCUT2D eigenvalue weighted by Gasteiger charge is 2.14. The van der Waals surface area contributed by atoms with E-state index in [1.54, 1.807) is 9.75 Å². The number of fused-ring (bicyclic) bond motifs is 6. The molecule has 0 aliphatic heterocycles. The molecule has 0 amide bonds. The van der Waals surface area contributed by atoms with Crippen molar-refractivity contribution in [1.82, 2.24) is 0 Å². The van der Waals surface area contributed by atoms with E-state index in [2.05, 4.69) is 55.5 Å². The number of aryl methyl sites for hydroxylation is 2. The topological polar surface area (TPSA) is 0 Å². The van der Waals surface area contributed by atoms with Gasteiger partial charge in [-0.15, -0.1) is 22.7 Å². The van der Waals surface area contributed by atoms with Crippen molar-refractivity contribution >= 4 is 64.4 Å². The van der Waals surface area contributed by atoms with Crippen molar-refractivity contribution in [3.63, 3.8) is 0 Å². The second-order valence-electron chi connectivity index (χ2n) is 11.6. The molecule has 0 saturated heterocycles. The smallest absolute Gasteiger partial charge is 0.0424 e. The minimum Gasteiger partial charge on any atom is -0.140 e. The van der Waals surface area contributed by atoms with Crippen molar-refractivity contribution in [3.05, 3.63) is 58.3 Å². The van der Waals surface area contributed by atoms with E-state index >= 15 is 0 Å². The maximum atomic E-state index is 2.47. The van der Waals surface area contributed by atoms with Gasteiger partial charge in [0, 0.05) is 29.9 Å². The van der Waals surface area contributed by atoms with Gasteiger partial charge < -0.3 is 0 Å². The van der Waals surface area contributed by atoms with Gasteiger partial charge in [-0.25, -0.2) is 0 Å². The SMILES string of the molecule is CCCCCCCCc1cc2ccc3cc4c(ccc5cc(CCCC6CCCCC6)sc54)cc3c2s1.